The Morgan fingerprint density at radius 1 is 1.29 bits per heavy atom. The molecule has 166 valence electrons. The number of hydrogen-bond donors (Lipinski definition) is 1. The standard InChI is InChI=1S/C25H33N5O.H2/c1-18-12-21(22-6-5-20(13-26)25-23(22)4-3-9-27-25)16-30(15-18)17-24(31)28-14-19-7-10-29(2)11-8-19;/h3-6,9,18-19,21H,7-8,10-12,14-17H2,1-2H3,(H,28,31);1H/t18-,21+;/m1./s1. The van der Waals surface area contributed by atoms with Crippen molar-refractivity contribution in [3.05, 3.63) is 41.6 Å². The summed E-state index contributed by atoms with van der Waals surface area (Å²) in [6, 6.07) is 10.2. The first-order chi connectivity index (χ1) is 15.0. The molecule has 1 N–H and O–H groups in total. The van der Waals surface area contributed by atoms with Crippen molar-refractivity contribution < 1.29 is 6.22 Å². The maximum absolute atomic E-state index is 12.7. The molecule has 2 saturated heterocycles. The molecular weight excluding hydrogens is 386 g/mol. The number of aromatic nitrogens is 1. The Morgan fingerprint density at radius 3 is 2.87 bits per heavy atom. The van der Waals surface area contributed by atoms with Gasteiger partial charge in [0.1, 0.15) is 6.07 Å². The van der Waals surface area contributed by atoms with Crippen LogP contribution in [0.1, 0.15) is 44.7 Å². The van der Waals surface area contributed by atoms with Crippen LogP contribution in [-0.2, 0) is 4.79 Å². The number of nitrogens with zero attached hydrogens (tertiary/aromatic N) is 4. The molecule has 6 nitrogen and oxygen atoms in total. The summed E-state index contributed by atoms with van der Waals surface area (Å²) >= 11 is 0. The summed E-state index contributed by atoms with van der Waals surface area (Å²) in [6.07, 6.45) is 5.17. The van der Waals surface area contributed by atoms with Crippen LogP contribution in [0.25, 0.3) is 10.9 Å². The number of likely N-dealkylation sites (tertiary alicyclic amines) is 2. The van der Waals surface area contributed by atoms with Crippen LogP contribution >= 0.6 is 0 Å². The summed E-state index contributed by atoms with van der Waals surface area (Å²) in [7, 11) is 2.16. The van der Waals surface area contributed by atoms with Gasteiger partial charge in [-0.2, -0.15) is 5.26 Å². The molecule has 1 aromatic heterocycles. The van der Waals surface area contributed by atoms with Gasteiger partial charge < -0.3 is 10.2 Å². The molecule has 2 aliphatic heterocycles. The lowest BCUT2D eigenvalue weighted by Gasteiger charge is -2.37. The summed E-state index contributed by atoms with van der Waals surface area (Å²) in [6.45, 7) is 7.58. The van der Waals surface area contributed by atoms with Gasteiger partial charge >= 0.3 is 0 Å². The lowest BCUT2D eigenvalue weighted by molar-refractivity contribution is -0.123. The molecule has 1 aromatic carbocycles. The fourth-order valence-electron chi connectivity index (χ4n) is 5.24. The van der Waals surface area contributed by atoms with E-state index in [1.807, 2.05) is 12.1 Å². The fourth-order valence-corrected chi connectivity index (χ4v) is 5.24. The minimum Gasteiger partial charge on any atom is -0.355 e. The fraction of sp³-hybridized carbons (Fsp3) is 0.560. The first-order valence-electron chi connectivity index (χ1n) is 11.5. The van der Waals surface area contributed by atoms with Crippen molar-refractivity contribution in [3.8, 4) is 6.07 Å². The van der Waals surface area contributed by atoms with Crippen LogP contribution in [0.4, 0.5) is 0 Å². The third kappa shape index (κ3) is 5.23. The summed E-state index contributed by atoms with van der Waals surface area (Å²) in [5.74, 6) is 1.59. The number of fused-ring (bicyclic) bond motifs is 1. The van der Waals surface area contributed by atoms with E-state index >= 15 is 0 Å². The van der Waals surface area contributed by atoms with E-state index in [1.54, 1.807) is 6.20 Å². The Bertz CT molecular complexity index is 966. The highest BCUT2D eigenvalue weighted by atomic mass is 16.2. The molecule has 2 aliphatic rings. The van der Waals surface area contributed by atoms with Crippen LogP contribution in [0.2, 0.25) is 0 Å². The van der Waals surface area contributed by atoms with Gasteiger partial charge in [0.25, 0.3) is 0 Å². The summed E-state index contributed by atoms with van der Waals surface area (Å²) < 4.78 is 0. The topological polar surface area (TPSA) is 72.3 Å². The summed E-state index contributed by atoms with van der Waals surface area (Å²) in [4.78, 5) is 21.8. The molecule has 4 rings (SSSR count). The second-order valence-corrected chi connectivity index (χ2v) is 9.50. The number of carbonyl (C=O) groups excluding carboxylic acids is 1. The first kappa shape index (κ1) is 21.7. The van der Waals surface area contributed by atoms with Gasteiger partial charge in [-0.15, -0.1) is 0 Å². The molecular formula is C25H35N5O. The van der Waals surface area contributed by atoms with E-state index in [9.17, 15) is 10.1 Å². The number of benzene rings is 1. The highest BCUT2D eigenvalue weighted by Crippen LogP contribution is 2.34. The average molecular weight is 422 g/mol. The highest BCUT2D eigenvalue weighted by molar-refractivity contribution is 5.87. The van der Waals surface area contributed by atoms with Gasteiger partial charge in [-0.3, -0.25) is 14.7 Å². The van der Waals surface area contributed by atoms with Crippen molar-refractivity contribution in [1.82, 2.24) is 20.1 Å². The van der Waals surface area contributed by atoms with E-state index in [0.717, 1.165) is 50.0 Å². The zero-order valence-electron chi connectivity index (χ0n) is 18.7. The molecule has 0 aliphatic carbocycles. The van der Waals surface area contributed by atoms with Crippen LogP contribution in [0, 0.1) is 23.2 Å². The number of pyridine rings is 1. The number of nitrogens with one attached hydrogen (secondary N) is 1. The second kappa shape index (κ2) is 9.76. The van der Waals surface area contributed by atoms with Crippen LogP contribution < -0.4 is 5.32 Å². The molecule has 2 atom stereocenters. The lowest BCUT2D eigenvalue weighted by Crippen LogP contribution is -2.45. The zero-order valence-corrected chi connectivity index (χ0v) is 18.7. The van der Waals surface area contributed by atoms with E-state index in [0.29, 0.717) is 29.9 Å². The number of rotatable bonds is 5. The van der Waals surface area contributed by atoms with Crippen molar-refractivity contribution in [1.29, 1.82) is 5.26 Å². The Balaban J connectivity index is 0.00000289. The first-order valence-corrected chi connectivity index (χ1v) is 11.5. The van der Waals surface area contributed by atoms with Crippen molar-refractivity contribution in [2.24, 2.45) is 11.8 Å². The average Bonchev–Trinajstić information content (AvgIpc) is 2.77. The lowest BCUT2D eigenvalue weighted by atomic mass is 9.83. The Hall–Kier alpha value is -2.49. The molecule has 0 radical (unpaired) electrons. The van der Waals surface area contributed by atoms with Gasteiger partial charge in [0.15, 0.2) is 0 Å². The Labute approximate surface area is 186 Å². The predicted octanol–water partition coefficient (Wildman–Crippen LogP) is 3.24. The van der Waals surface area contributed by atoms with Gasteiger partial charge in [0.2, 0.25) is 5.91 Å². The molecule has 3 heterocycles. The van der Waals surface area contributed by atoms with Crippen molar-refractivity contribution >= 4 is 16.8 Å². The maximum Gasteiger partial charge on any atom is 0.234 e. The van der Waals surface area contributed by atoms with Gasteiger partial charge in [0.05, 0.1) is 17.6 Å². The number of hydrogen-bond acceptors (Lipinski definition) is 5. The molecule has 6 heteroatoms. The van der Waals surface area contributed by atoms with Crippen LogP contribution in [-0.4, -0.2) is 67.0 Å². The van der Waals surface area contributed by atoms with Crippen molar-refractivity contribution in [2.45, 2.75) is 32.1 Å². The van der Waals surface area contributed by atoms with E-state index < -0.39 is 0 Å². The van der Waals surface area contributed by atoms with Crippen molar-refractivity contribution in [2.75, 3.05) is 46.3 Å². The number of nitriles is 1. The van der Waals surface area contributed by atoms with Gasteiger partial charge in [-0.1, -0.05) is 19.1 Å². The number of amides is 1. The molecule has 0 bridgehead atoms. The smallest absolute Gasteiger partial charge is 0.234 e. The zero-order chi connectivity index (χ0) is 21.8. The Kier molecular flexibility index (Phi) is 6.84. The SMILES string of the molecule is C[C@@H]1C[C@H](c2ccc(C#N)c3ncccc23)CN(CC(=O)NCC2CCN(C)CC2)C1.[HH]. The van der Waals surface area contributed by atoms with Gasteiger partial charge in [-0.05, 0) is 74.8 Å². The third-order valence-electron chi connectivity index (χ3n) is 6.89. The van der Waals surface area contributed by atoms with Crippen LogP contribution in [0.3, 0.4) is 0 Å². The quantitative estimate of drug-likeness (QED) is 0.802. The summed E-state index contributed by atoms with van der Waals surface area (Å²) in [5.41, 5.74) is 2.64. The minimum atomic E-state index is 0. The van der Waals surface area contributed by atoms with E-state index in [1.165, 1.54) is 18.4 Å². The van der Waals surface area contributed by atoms with Crippen LogP contribution in [0.5, 0.6) is 0 Å². The van der Waals surface area contributed by atoms with Crippen LogP contribution in [0.15, 0.2) is 30.5 Å². The predicted molar refractivity (Wildman–Crippen MR) is 125 cm³/mol. The molecule has 0 unspecified atom stereocenters. The molecule has 2 aromatic rings. The van der Waals surface area contributed by atoms with Gasteiger partial charge in [0, 0.05) is 32.6 Å². The number of carbonyl (C=O) groups is 1. The normalized spacial score (nSPS) is 23.5. The van der Waals surface area contributed by atoms with E-state index in [-0.39, 0.29) is 7.33 Å². The maximum atomic E-state index is 12.7. The molecule has 0 saturated carbocycles. The molecule has 1 amide bonds. The largest absolute Gasteiger partial charge is 0.355 e. The second-order valence-electron chi connectivity index (χ2n) is 9.50. The number of piperidine rings is 2. The highest BCUT2D eigenvalue weighted by Gasteiger charge is 2.28. The van der Waals surface area contributed by atoms with E-state index in [2.05, 4.69) is 52.3 Å². The molecule has 31 heavy (non-hydrogen) atoms. The van der Waals surface area contributed by atoms with Crippen molar-refractivity contribution in [3.63, 3.8) is 0 Å². The van der Waals surface area contributed by atoms with E-state index in [4.69, 9.17) is 0 Å². The third-order valence-corrected chi connectivity index (χ3v) is 6.89. The minimum absolute atomic E-state index is 0. The van der Waals surface area contributed by atoms with Gasteiger partial charge in [-0.25, -0.2) is 0 Å². The Morgan fingerprint density at radius 2 is 2.10 bits per heavy atom. The summed E-state index contributed by atoms with van der Waals surface area (Å²) in [5, 5.41) is 13.7. The molecule has 0 spiro atoms. The molecule has 2 fully saturated rings. The monoisotopic (exact) mass is 421 g/mol.